The van der Waals surface area contributed by atoms with Crippen LogP contribution in [0.15, 0.2) is 30.3 Å². The lowest BCUT2D eigenvalue weighted by Crippen LogP contribution is -2.22. The standard InChI is InChI=1S/C19H17F3N2O5/c1-10-6-11(2)17(12(3)7-10)18(26)29-9-16(25)23-14-5-4-13(19(20,21)22)8-15(14)24(27)28/h4-8H,9H2,1-3H3,(H,23,25). The number of nitro groups is 1. The Hall–Kier alpha value is -3.43. The van der Waals surface area contributed by atoms with Gasteiger partial charge in [0.1, 0.15) is 5.69 Å². The number of carbonyl (C=O) groups is 2. The fourth-order valence-corrected chi connectivity index (χ4v) is 2.86. The zero-order valence-electron chi connectivity index (χ0n) is 15.7. The third-order valence-electron chi connectivity index (χ3n) is 4.01. The molecule has 0 aromatic heterocycles. The van der Waals surface area contributed by atoms with E-state index in [1.54, 1.807) is 26.0 Å². The van der Waals surface area contributed by atoms with Gasteiger partial charge >= 0.3 is 12.1 Å². The number of esters is 1. The Morgan fingerprint density at radius 2 is 1.69 bits per heavy atom. The predicted molar refractivity (Wildman–Crippen MR) is 97.7 cm³/mol. The Bertz CT molecular complexity index is 963. The van der Waals surface area contributed by atoms with Gasteiger partial charge in [-0.2, -0.15) is 13.2 Å². The number of anilines is 1. The minimum atomic E-state index is -4.77. The maximum absolute atomic E-state index is 12.7. The number of carbonyl (C=O) groups excluding carboxylic acids is 2. The SMILES string of the molecule is Cc1cc(C)c(C(=O)OCC(=O)Nc2ccc(C(F)(F)F)cc2[N+](=O)[O-])c(C)c1. The Labute approximate surface area is 163 Å². The molecule has 0 aliphatic heterocycles. The summed E-state index contributed by atoms with van der Waals surface area (Å²) in [6.45, 7) is 4.52. The summed E-state index contributed by atoms with van der Waals surface area (Å²) in [6.07, 6.45) is -4.77. The van der Waals surface area contributed by atoms with Crippen LogP contribution in [0.25, 0.3) is 0 Å². The highest BCUT2D eigenvalue weighted by molar-refractivity contribution is 5.98. The van der Waals surface area contributed by atoms with Gasteiger partial charge in [0.05, 0.1) is 16.1 Å². The smallest absolute Gasteiger partial charge is 0.416 e. The van der Waals surface area contributed by atoms with Crippen molar-refractivity contribution in [2.75, 3.05) is 11.9 Å². The summed E-state index contributed by atoms with van der Waals surface area (Å²) in [5, 5.41) is 13.1. The molecule has 0 aliphatic carbocycles. The minimum Gasteiger partial charge on any atom is -0.452 e. The minimum absolute atomic E-state index is 0.295. The number of benzene rings is 2. The van der Waals surface area contributed by atoms with Gasteiger partial charge in [0.25, 0.3) is 11.6 Å². The lowest BCUT2D eigenvalue weighted by Gasteiger charge is -2.12. The molecule has 0 heterocycles. The fraction of sp³-hybridized carbons (Fsp3) is 0.263. The van der Waals surface area contributed by atoms with Crippen LogP contribution in [0.3, 0.4) is 0 Å². The summed E-state index contributed by atoms with van der Waals surface area (Å²) in [5.41, 5.74) is -0.0270. The van der Waals surface area contributed by atoms with Gasteiger partial charge < -0.3 is 10.1 Å². The number of halogens is 3. The highest BCUT2D eigenvalue weighted by Gasteiger charge is 2.33. The molecule has 29 heavy (non-hydrogen) atoms. The molecule has 0 saturated heterocycles. The first-order valence-electron chi connectivity index (χ1n) is 8.30. The van der Waals surface area contributed by atoms with Crippen molar-refractivity contribution < 1.29 is 32.4 Å². The summed E-state index contributed by atoms with van der Waals surface area (Å²) >= 11 is 0. The first-order valence-corrected chi connectivity index (χ1v) is 8.30. The number of nitrogens with zero attached hydrogens (tertiary/aromatic N) is 1. The van der Waals surface area contributed by atoms with E-state index < -0.39 is 46.5 Å². The van der Waals surface area contributed by atoms with Crippen LogP contribution in [0.1, 0.15) is 32.6 Å². The van der Waals surface area contributed by atoms with Crippen LogP contribution in [0, 0.1) is 30.9 Å². The molecule has 0 fully saturated rings. The van der Waals surface area contributed by atoms with Crippen molar-refractivity contribution in [2.45, 2.75) is 26.9 Å². The Morgan fingerprint density at radius 3 is 2.21 bits per heavy atom. The van der Waals surface area contributed by atoms with Crippen LogP contribution >= 0.6 is 0 Å². The molecule has 0 bridgehead atoms. The lowest BCUT2D eigenvalue weighted by atomic mass is 10.00. The lowest BCUT2D eigenvalue weighted by molar-refractivity contribution is -0.384. The zero-order chi connectivity index (χ0) is 21.9. The maximum atomic E-state index is 12.7. The number of nitro benzene ring substituents is 1. The average molecular weight is 410 g/mol. The van der Waals surface area contributed by atoms with E-state index in [0.29, 0.717) is 28.8 Å². The second kappa shape index (κ2) is 8.29. The second-order valence-electron chi connectivity index (χ2n) is 6.38. The average Bonchev–Trinajstić information content (AvgIpc) is 2.58. The normalized spacial score (nSPS) is 11.1. The van der Waals surface area contributed by atoms with E-state index in [2.05, 4.69) is 5.32 Å². The monoisotopic (exact) mass is 410 g/mol. The van der Waals surface area contributed by atoms with E-state index in [1.807, 2.05) is 6.92 Å². The highest BCUT2D eigenvalue weighted by Crippen LogP contribution is 2.34. The van der Waals surface area contributed by atoms with E-state index in [9.17, 15) is 32.9 Å². The van der Waals surface area contributed by atoms with Crippen LogP contribution in [-0.4, -0.2) is 23.4 Å². The second-order valence-corrected chi connectivity index (χ2v) is 6.38. The number of nitrogens with one attached hydrogen (secondary N) is 1. The van der Waals surface area contributed by atoms with Crippen LogP contribution in [-0.2, 0) is 15.7 Å². The van der Waals surface area contributed by atoms with E-state index >= 15 is 0 Å². The number of aryl methyl sites for hydroxylation is 3. The third kappa shape index (κ3) is 5.31. The molecule has 1 amide bonds. The molecule has 10 heteroatoms. The molecule has 2 aromatic rings. The molecule has 1 N–H and O–H groups in total. The highest BCUT2D eigenvalue weighted by atomic mass is 19.4. The summed E-state index contributed by atoms with van der Waals surface area (Å²) in [7, 11) is 0. The van der Waals surface area contributed by atoms with Gasteiger partial charge in [-0.3, -0.25) is 14.9 Å². The Kier molecular flexibility index (Phi) is 6.25. The predicted octanol–water partition coefficient (Wildman–Crippen LogP) is 4.33. The van der Waals surface area contributed by atoms with Gasteiger partial charge in [0.15, 0.2) is 6.61 Å². The Balaban J connectivity index is 2.12. The number of hydrogen-bond donors (Lipinski definition) is 1. The van der Waals surface area contributed by atoms with E-state index in [0.717, 1.165) is 11.6 Å². The van der Waals surface area contributed by atoms with Gasteiger partial charge in [-0.1, -0.05) is 17.7 Å². The van der Waals surface area contributed by atoms with Crippen LogP contribution in [0.5, 0.6) is 0 Å². The molecule has 0 radical (unpaired) electrons. The summed E-state index contributed by atoms with van der Waals surface area (Å²) < 4.78 is 43.1. The first-order chi connectivity index (χ1) is 13.4. The van der Waals surface area contributed by atoms with Crippen LogP contribution in [0.2, 0.25) is 0 Å². The van der Waals surface area contributed by atoms with Crippen molar-refractivity contribution in [1.29, 1.82) is 0 Å². The van der Waals surface area contributed by atoms with Crippen molar-refractivity contribution in [2.24, 2.45) is 0 Å². The number of rotatable bonds is 5. The van der Waals surface area contributed by atoms with E-state index in [1.165, 1.54) is 0 Å². The molecule has 0 aliphatic rings. The Morgan fingerprint density at radius 1 is 1.10 bits per heavy atom. The van der Waals surface area contributed by atoms with Crippen LogP contribution in [0.4, 0.5) is 24.5 Å². The third-order valence-corrected chi connectivity index (χ3v) is 4.01. The quantitative estimate of drug-likeness (QED) is 0.449. The zero-order valence-corrected chi connectivity index (χ0v) is 15.7. The number of hydrogen-bond acceptors (Lipinski definition) is 5. The van der Waals surface area contributed by atoms with Gasteiger partial charge in [-0.05, 0) is 44.0 Å². The van der Waals surface area contributed by atoms with E-state index in [4.69, 9.17) is 4.74 Å². The number of amides is 1. The topological polar surface area (TPSA) is 98.5 Å². The molecule has 2 aromatic carbocycles. The molecule has 0 spiro atoms. The molecular formula is C19H17F3N2O5. The van der Waals surface area contributed by atoms with Crippen molar-refractivity contribution in [3.05, 3.63) is 68.3 Å². The van der Waals surface area contributed by atoms with Gasteiger partial charge in [-0.25, -0.2) is 4.79 Å². The van der Waals surface area contributed by atoms with Crippen LogP contribution < -0.4 is 5.32 Å². The molecule has 0 unspecified atom stereocenters. The van der Waals surface area contributed by atoms with E-state index in [-0.39, 0.29) is 0 Å². The number of ether oxygens (including phenoxy) is 1. The van der Waals surface area contributed by atoms with Crippen molar-refractivity contribution in [3.63, 3.8) is 0 Å². The van der Waals surface area contributed by atoms with Crippen molar-refractivity contribution >= 4 is 23.3 Å². The molecule has 0 saturated carbocycles. The molecule has 7 nitrogen and oxygen atoms in total. The van der Waals surface area contributed by atoms with Gasteiger partial charge in [-0.15, -0.1) is 0 Å². The first kappa shape index (κ1) is 21.9. The van der Waals surface area contributed by atoms with Crippen molar-refractivity contribution in [1.82, 2.24) is 0 Å². The fourth-order valence-electron chi connectivity index (χ4n) is 2.86. The molecule has 0 atom stereocenters. The summed E-state index contributed by atoms with van der Waals surface area (Å²) in [4.78, 5) is 34.2. The van der Waals surface area contributed by atoms with Gasteiger partial charge in [0, 0.05) is 6.07 Å². The molecular weight excluding hydrogens is 393 g/mol. The summed E-state index contributed by atoms with van der Waals surface area (Å²) in [5.74, 6) is -1.68. The largest absolute Gasteiger partial charge is 0.452 e. The maximum Gasteiger partial charge on any atom is 0.416 e. The molecule has 154 valence electrons. The molecule has 2 rings (SSSR count). The number of alkyl halides is 3. The van der Waals surface area contributed by atoms with Crippen molar-refractivity contribution in [3.8, 4) is 0 Å². The summed E-state index contributed by atoms with van der Waals surface area (Å²) in [6, 6.07) is 5.24. The van der Waals surface area contributed by atoms with Gasteiger partial charge in [0.2, 0.25) is 0 Å².